The van der Waals surface area contributed by atoms with Crippen LogP contribution in [0.2, 0.25) is 0 Å². The molecule has 0 saturated carbocycles. The molecule has 0 aliphatic heterocycles. The molecule has 0 radical (unpaired) electrons. The fraction of sp³-hybridized carbons (Fsp3) is 0.533. The third kappa shape index (κ3) is 2.93. The fourth-order valence-electron chi connectivity index (χ4n) is 2.44. The number of furan rings is 2. The number of halogens is 2. The van der Waals surface area contributed by atoms with Crippen molar-refractivity contribution in [2.24, 2.45) is 0 Å². The molecule has 112 valence electrons. The summed E-state index contributed by atoms with van der Waals surface area (Å²) in [4.78, 5) is 14.5. The van der Waals surface area contributed by atoms with Crippen LogP contribution in [-0.4, -0.2) is 19.3 Å². The standard InChI is InChI=1S/C15H19I2O3/c1-4-15(5-2,20-14(18)12(9-16)17-3)11-8-10-6-7-13(11)19-10/h6-8,12H,4-5,9H2,1-3H3/q-1. The molecule has 0 saturated heterocycles. The van der Waals surface area contributed by atoms with Gasteiger partial charge in [-0.15, -0.1) is 0 Å². The number of benzene rings is 1. The van der Waals surface area contributed by atoms with Gasteiger partial charge in [-0.25, -0.2) is 0 Å². The maximum atomic E-state index is 12.4. The van der Waals surface area contributed by atoms with E-state index in [1.165, 1.54) is 0 Å². The van der Waals surface area contributed by atoms with Gasteiger partial charge in [0.2, 0.25) is 0 Å². The van der Waals surface area contributed by atoms with E-state index in [9.17, 15) is 4.79 Å². The Kier molecular flexibility index (Phi) is 5.56. The second-order valence-corrected chi connectivity index (χ2v) is 8.35. The molecule has 2 aromatic heterocycles. The van der Waals surface area contributed by atoms with Gasteiger partial charge in [0.15, 0.2) is 0 Å². The first-order chi connectivity index (χ1) is 9.60. The molecule has 0 aromatic carbocycles. The van der Waals surface area contributed by atoms with Crippen molar-refractivity contribution < 1.29 is 35.2 Å². The molecule has 0 aliphatic carbocycles. The zero-order valence-electron chi connectivity index (χ0n) is 11.9. The summed E-state index contributed by atoms with van der Waals surface area (Å²) >= 11 is 2.13. The number of carbonyl (C=O) groups is 1. The van der Waals surface area contributed by atoms with Gasteiger partial charge >= 0.3 is 144 Å². The van der Waals surface area contributed by atoms with Gasteiger partial charge in [-0.05, 0) is 0 Å². The van der Waals surface area contributed by atoms with Gasteiger partial charge in [-0.3, -0.25) is 0 Å². The zero-order valence-corrected chi connectivity index (χ0v) is 16.2. The third-order valence-corrected chi connectivity index (χ3v) is 8.78. The molecular formula is C15H19I2O3-. The van der Waals surface area contributed by atoms with Gasteiger partial charge in [0.25, 0.3) is 0 Å². The van der Waals surface area contributed by atoms with Gasteiger partial charge in [-0.1, -0.05) is 0 Å². The van der Waals surface area contributed by atoms with Crippen LogP contribution in [0.15, 0.2) is 22.6 Å². The molecule has 20 heavy (non-hydrogen) atoms. The molecule has 1 atom stereocenters. The number of carbonyl (C=O) groups excluding carboxylic acids is 1. The summed E-state index contributed by atoms with van der Waals surface area (Å²) in [6, 6.07) is 5.92. The molecule has 2 bridgehead atoms. The Hall–Kier alpha value is -0.0500. The summed E-state index contributed by atoms with van der Waals surface area (Å²) in [6.45, 7) is 4.14. The molecule has 1 unspecified atom stereocenters. The number of ether oxygens (including phenoxy) is 1. The van der Waals surface area contributed by atoms with Crippen LogP contribution >= 0.6 is 22.6 Å². The minimum absolute atomic E-state index is 0.0448. The second kappa shape index (κ2) is 6.81. The van der Waals surface area contributed by atoms with E-state index in [1.807, 2.05) is 18.2 Å². The molecule has 3 nitrogen and oxygen atoms in total. The van der Waals surface area contributed by atoms with Crippen LogP contribution in [0.5, 0.6) is 0 Å². The van der Waals surface area contributed by atoms with Crippen molar-refractivity contribution in [3.05, 3.63) is 23.8 Å². The van der Waals surface area contributed by atoms with E-state index in [1.54, 1.807) is 0 Å². The van der Waals surface area contributed by atoms with Crippen LogP contribution in [0.1, 0.15) is 32.3 Å². The average molecular weight is 501 g/mol. The van der Waals surface area contributed by atoms with Crippen molar-refractivity contribution in [3.8, 4) is 0 Å². The second-order valence-electron chi connectivity index (χ2n) is 4.72. The fourth-order valence-corrected chi connectivity index (χ4v) is 6.00. The van der Waals surface area contributed by atoms with Crippen LogP contribution in [0.25, 0.3) is 11.2 Å². The Bertz CT molecular complexity index is 556. The first-order valence-electron chi connectivity index (χ1n) is 6.69. The Morgan fingerprint density at radius 2 is 2.15 bits per heavy atom. The van der Waals surface area contributed by atoms with Gasteiger partial charge in [0.1, 0.15) is 0 Å². The van der Waals surface area contributed by atoms with E-state index < -0.39 is 5.60 Å². The number of fused-ring (bicyclic) bond motifs is 2. The van der Waals surface area contributed by atoms with Gasteiger partial charge in [0.05, 0.1) is 0 Å². The molecule has 0 fully saturated rings. The summed E-state index contributed by atoms with van der Waals surface area (Å²) in [5, 5.41) is 0. The van der Waals surface area contributed by atoms with Gasteiger partial charge in [-0.2, -0.15) is 0 Å². The zero-order chi connectivity index (χ0) is 14.8. The van der Waals surface area contributed by atoms with E-state index in [0.29, 0.717) is 0 Å². The molecule has 0 spiro atoms. The van der Waals surface area contributed by atoms with Crippen molar-refractivity contribution in [2.75, 3.05) is 9.36 Å². The summed E-state index contributed by atoms with van der Waals surface area (Å²) < 4.78 is 12.5. The monoisotopic (exact) mass is 501 g/mol. The van der Waals surface area contributed by atoms with E-state index in [2.05, 4.69) is 41.4 Å². The third-order valence-electron chi connectivity index (χ3n) is 3.76. The quantitative estimate of drug-likeness (QED) is 0.323. The Morgan fingerprint density at radius 3 is 2.55 bits per heavy atom. The summed E-state index contributed by atoms with van der Waals surface area (Å²) in [5.41, 5.74) is 2.18. The van der Waals surface area contributed by atoms with Gasteiger partial charge in [0, 0.05) is 0 Å². The first-order valence-corrected chi connectivity index (χ1v) is 11.6. The molecule has 2 aromatic rings. The van der Waals surface area contributed by atoms with E-state index in [0.717, 1.165) is 34.0 Å². The molecule has 5 heteroatoms. The van der Waals surface area contributed by atoms with Crippen LogP contribution in [0.4, 0.5) is 0 Å². The number of hydrogen-bond acceptors (Lipinski definition) is 3. The first kappa shape index (κ1) is 16.3. The van der Waals surface area contributed by atoms with Crippen molar-refractivity contribution in [1.29, 1.82) is 0 Å². The molecule has 0 aliphatic rings. The Morgan fingerprint density at radius 1 is 1.45 bits per heavy atom. The van der Waals surface area contributed by atoms with Crippen molar-refractivity contribution in [1.82, 2.24) is 0 Å². The normalized spacial score (nSPS) is 14.0. The van der Waals surface area contributed by atoms with Crippen molar-refractivity contribution in [3.63, 3.8) is 0 Å². The Balaban J connectivity index is 2.30. The molecule has 0 amide bonds. The number of alkyl halides is 3. The summed E-state index contributed by atoms with van der Waals surface area (Å²) in [7, 11) is 0. The maximum absolute atomic E-state index is 12.4. The molecule has 2 heterocycles. The van der Waals surface area contributed by atoms with Gasteiger partial charge < -0.3 is 0 Å². The predicted molar refractivity (Wildman–Crippen MR) is 84.4 cm³/mol. The number of rotatable bonds is 7. The van der Waals surface area contributed by atoms with Crippen LogP contribution < -0.4 is 21.2 Å². The van der Waals surface area contributed by atoms with E-state index in [-0.39, 0.29) is 31.1 Å². The summed E-state index contributed by atoms with van der Waals surface area (Å²) in [5.74, 6) is -0.0448. The molecule has 2 rings (SSSR count). The number of esters is 1. The number of hydrogen-bond donors (Lipinski definition) is 0. The van der Waals surface area contributed by atoms with Crippen molar-refractivity contribution >= 4 is 39.7 Å². The molecular weight excluding hydrogens is 482 g/mol. The average Bonchev–Trinajstić information content (AvgIpc) is 3.09. The van der Waals surface area contributed by atoms with Crippen LogP contribution in [-0.2, 0) is 15.1 Å². The topological polar surface area (TPSA) is 39.4 Å². The van der Waals surface area contributed by atoms with Crippen LogP contribution in [0.3, 0.4) is 0 Å². The summed E-state index contributed by atoms with van der Waals surface area (Å²) in [6.07, 6.45) is 1.54. The predicted octanol–water partition coefficient (Wildman–Crippen LogP) is 0.952. The Labute approximate surface area is 143 Å². The van der Waals surface area contributed by atoms with Crippen molar-refractivity contribution in [2.45, 2.75) is 36.2 Å². The minimum atomic E-state index is -0.540. The SMILES string of the molecule is CCC(CC)(OC(=O)C(CI)[I-]C)c1cc2ccc1o2. The van der Waals surface area contributed by atoms with E-state index in [4.69, 9.17) is 9.15 Å². The molecule has 0 N–H and O–H groups in total. The van der Waals surface area contributed by atoms with Crippen LogP contribution in [0, 0.1) is 0 Å². The van der Waals surface area contributed by atoms with E-state index >= 15 is 0 Å².